The summed E-state index contributed by atoms with van der Waals surface area (Å²) in [5.74, 6) is 0. The Morgan fingerprint density at radius 3 is 1.57 bits per heavy atom. The van der Waals surface area contributed by atoms with Crippen LogP contribution in [0, 0.1) is 0 Å². The highest BCUT2D eigenvalue weighted by molar-refractivity contribution is 6.14. The summed E-state index contributed by atoms with van der Waals surface area (Å²) in [4.78, 5) is 0. The van der Waals surface area contributed by atoms with Crippen molar-refractivity contribution in [2.45, 2.75) is 39.9 Å². The Labute approximate surface area is 48.7 Å². The first-order chi connectivity index (χ1) is 2.56. The molecule has 0 spiro atoms. The molecule has 0 amide bonds. The van der Waals surface area contributed by atoms with Crippen molar-refractivity contribution in [3.63, 3.8) is 0 Å². The second-order valence-electron chi connectivity index (χ2n) is 2.34. The van der Waals surface area contributed by atoms with E-state index in [-0.39, 0.29) is 12.7 Å². The third-order valence-corrected chi connectivity index (χ3v) is 0.911. The number of rotatable bonds is 1. The molecule has 0 heterocycles. The fourth-order valence-electron chi connectivity index (χ4n) is 0. The summed E-state index contributed by atoms with van der Waals surface area (Å²) in [7, 11) is 5.53. The summed E-state index contributed by atoms with van der Waals surface area (Å²) in [6.07, 6.45) is 1.05. The van der Waals surface area contributed by atoms with Crippen LogP contribution in [0.5, 0.6) is 0 Å². The first kappa shape index (κ1) is 10.1. The predicted octanol–water partition coefficient (Wildman–Crippen LogP) is 2.40. The van der Waals surface area contributed by atoms with Gasteiger partial charge in [-0.05, 0) is 0 Å². The summed E-state index contributed by atoms with van der Waals surface area (Å²) in [6, 6.07) is 0. The average Bonchev–Trinajstić information content (AvgIpc) is 1.35. The minimum Gasteiger partial charge on any atom is -0.0776 e. The average molecular weight is 98.0 g/mol. The van der Waals surface area contributed by atoms with E-state index in [9.17, 15) is 0 Å². The molecule has 0 aliphatic heterocycles. The number of hydrogen-bond acceptors (Lipinski definition) is 0. The third kappa shape index (κ3) is 10.7. The van der Waals surface area contributed by atoms with Gasteiger partial charge in [0.25, 0.3) is 0 Å². The molecule has 0 bridgehead atoms. The quantitative estimate of drug-likeness (QED) is 0.441. The Hall–Kier alpha value is 0.0649. The summed E-state index contributed by atoms with van der Waals surface area (Å²) in [5, 5.41) is 0.0417. The summed E-state index contributed by atoms with van der Waals surface area (Å²) in [6.45, 7) is 6.12. The Bertz CT molecular complexity index is 33.9. The summed E-state index contributed by atoms with van der Waals surface area (Å²) >= 11 is 0. The standard InChI is InChI=1S/C5H11B.CH4/c1-4-5(2,3)6;/h4H2,1-3H3;1H4. The summed E-state index contributed by atoms with van der Waals surface area (Å²) < 4.78 is 0. The SMILES string of the molecule is C.[B]C(C)(C)CC. The lowest BCUT2D eigenvalue weighted by atomic mass is 9.71. The van der Waals surface area contributed by atoms with Crippen LogP contribution in [-0.4, -0.2) is 7.85 Å². The van der Waals surface area contributed by atoms with Crippen molar-refractivity contribution in [3.05, 3.63) is 0 Å². The molecule has 1 heteroatoms. The predicted molar refractivity (Wildman–Crippen MR) is 36.8 cm³/mol. The van der Waals surface area contributed by atoms with Gasteiger partial charge >= 0.3 is 0 Å². The van der Waals surface area contributed by atoms with Gasteiger partial charge in [-0.15, -0.1) is 0 Å². The zero-order chi connectivity index (χ0) is 5.21. The fourth-order valence-corrected chi connectivity index (χ4v) is 0. The van der Waals surface area contributed by atoms with Crippen LogP contribution in [0.1, 0.15) is 34.6 Å². The van der Waals surface area contributed by atoms with Crippen LogP contribution in [0.4, 0.5) is 0 Å². The molecule has 0 unspecified atom stereocenters. The van der Waals surface area contributed by atoms with E-state index in [1.807, 2.05) is 13.8 Å². The van der Waals surface area contributed by atoms with Crippen LogP contribution in [-0.2, 0) is 0 Å². The van der Waals surface area contributed by atoms with Crippen molar-refractivity contribution < 1.29 is 0 Å². The lowest BCUT2D eigenvalue weighted by Crippen LogP contribution is -1.97. The van der Waals surface area contributed by atoms with Gasteiger partial charge in [-0.2, -0.15) is 0 Å². The van der Waals surface area contributed by atoms with Crippen LogP contribution in [0.25, 0.3) is 0 Å². The van der Waals surface area contributed by atoms with Gasteiger partial charge in [0.05, 0.1) is 7.85 Å². The van der Waals surface area contributed by atoms with Crippen LogP contribution in [0.15, 0.2) is 0 Å². The highest BCUT2D eigenvalue weighted by Gasteiger charge is 2.02. The topological polar surface area (TPSA) is 0 Å². The van der Waals surface area contributed by atoms with Crippen molar-refractivity contribution in [2.24, 2.45) is 0 Å². The maximum atomic E-state index is 5.53. The molecule has 0 rings (SSSR count). The van der Waals surface area contributed by atoms with Gasteiger partial charge in [0, 0.05) is 0 Å². The van der Waals surface area contributed by atoms with Crippen LogP contribution < -0.4 is 0 Å². The monoisotopic (exact) mass is 98.1 g/mol. The van der Waals surface area contributed by atoms with E-state index in [1.165, 1.54) is 0 Å². The second-order valence-corrected chi connectivity index (χ2v) is 2.34. The van der Waals surface area contributed by atoms with Crippen LogP contribution >= 0.6 is 0 Å². The molecule has 0 fully saturated rings. The molecular formula is C6H15B. The second kappa shape index (κ2) is 3.12. The van der Waals surface area contributed by atoms with Gasteiger partial charge in [-0.3, -0.25) is 0 Å². The smallest absolute Gasteiger partial charge is 0.0738 e. The molecule has 0 saturated carbocycles. The Morgan fingerprint density at radius 1 is 1.43 bits per heavy atom. The maximum absolute atomic E-state index is 5.53. The number of hydrogen-bond donors (Lipinski definition) is 0. The van der Waals surface area contributed by atoms with Crippen LogP contribution in [0.3, 0.4) is 0 Å². The molecule has 42 valence electrons. The van der Waals surface area contributed by atoms with Gasteiger partial charge in [-0.25, -0.2) is 0 Å². The zero-order valence-electron chi connectivity index (χ0n) is 4.78. The molecule has 2 radical (unpaired) electrons. The molecule has 0 aromatic rings. The van der Waals surface area contributed by atoms with E-state index >= 15 is 0 Å². The largest absolute Gasteiger partial charge is 0.0776 e. The van der Waals surface area contributed by atoms with E-state index in [0.29, 0.717) is 0 Å². The van der Waals surface area contributed by atoms with Crippen LogP contribution in [0.2, 0.25) is 5.31 Å². The van der Waals surface area contributed by atoms with Gasteiger partial charge in [0.1, 0.15) is 0 Å². The minimum absolute atomic E-state index is 0. The molecule has 0 nitrogen and oxygen atoms in total. The van der Waals surface area contributed by atoms with Crippen molar-refractivity contribution in [1.82, 2.24) is 0 Å². The first-order valence-corrected chi connectivity index (χ1v) is 2.35. The molecule has 0 aromatic heterocycles. The van der Waals surface area contributed by atoms with Gasteiger partial charge in [-0.1, -0.05) is 39.9 Å². The van der Waals surface area contributed by atoms with Gasteiger partial charge in [0.15, 0.2) is 0 Å². The lowest BCUT2D eigenvalue weighted by molar-refractivity contribution is 0.654. The highest BCUT2D eigenvalue weighted by atomic mass is 14.0. The fraction of sp³-hybridized carbons (Fsp3) is 1.00. The lowest BCUT2D eigenvalue weighted by Gasteiger charge is -2.13. The van der Waals surface area contributed by atoms with Crippen molar-refractivity contribution >= 4 is 7.85 Å². The van der Waals surface area contributed by atoms with Gasteiger partial charge < -0.3 is 0 Å². The Balaban J connectivity index is 0. The van der Waals surface area contributed by atoms with E-state index in [4.69, 9.17) is 7.85 Å². The molecule has 0 N–H and O–H groups in total. The normalized spacial score (nSPS) is 10.1. The molecule has 7 heavy (non-hydrogen) atoms. The first-order valence-electron chi connectivity index (χ1n) is 2.35. The van der Waals surface area contributed by atoms with E-state index in [2.05, 4.69) is 6.92 Å². The van der Waals surface area contributed by atoms with Gasteiger partial charge in [0.2, 0.25) is 0 Å². The molecule has 0 aromatic carbocycles. The van der Waals surface area contributed by atoms with Crippen molar-refractivity contribution in [1.29, 1.82) is 0 Å². The summed E-state index contributed by atoms with van der Waals surface area (Å²) in [5.41, 5.74) is 0. The highest BCUT2D eigenvalue weighted by Crippen LogP contribution is 2.21. The van der Waals surface area contributed by atoms with Crippen molar-refractivity contribution in [2.75, 3.05) is 0 Å². The zero-order valence-corrected chi connectivity index (χ0v) is 4.78. The third-order valence-electron chi connectivity index (χ3n) is 0.911. The molecule has 0 aliphatic rings. The van der Waals surface area contributed by atoms with Crippen molar-refractivity contribution in [3.8, 4) is 0 Å². The minimum atomic E-state index is 0. The Kier molecular flexibility index (Phi) is 4.51. The van der Waals surface area contributed by atoms with E-state index in [1.54, 1.807) is 0 Å². The maximum Gasteiger partial charge on any atom is 0.0738 e. The molecular weight excluding hydrogens is 82.9 g/mol. The molecule has 0 saturated heterocycles. The molecule has 0 aliphatic carbocycles. The van der Waals surface area contributed by atoms with E-state index < -0.39 is 0 Å². The molecule has 0 atom stereocenters. The van der Waals surface area contributed by atoms with E-state index in [0.717, 1.165) is 6.42 Å². The Morgan fingerprint density at radius 2 is 1.57 bits per heavy atom.